The van der Waals surface area contributed by atoms with E-state index in [0.717, 1.165) is 0 Å². The molecule has 0 radical (unpaired) electrons. The molecule has 0 amide bonds. The normalized spacial score (nSPS) is 11.3. The summed E-state index contributed by atoms with van der Waals surface area (Å²) in [5.41, 5.74) is 5.88. The molecule has 0 heterocycles. The van der Waals surface area contributed by atoms with Gasteiger partial charge < -0.3 is 0 Å². The maximum atomic E-state index is 4.64. The summed E-state index contributed by atoms with van der Waals surface area (Å²) in [5.74, 6) is 0. The number of benzene rings is 2. The maximum absolute atomic E-state index is 4.64. The molecule has 1 aliphatic rings. The molecule has 18 heavy (non-hydrogen) atoms. The fraction of sp³-hybridized carbons (Fsp3) is 0.200. The molecule has 0 aromatic heterocycles. The first kappa shape index (κ1) is 16.0. The van der Waals surface area contributed by atoms with Crippen LogP contribution in [0.3, 0.4) is 0 Å². The van der Waals surface area contributed by atoms with E-state index >= 15 is 0 Å². The van der Waals surface area contributed by atoms with Crippen LogP contribution in [0.25, 0.3) is 11.1 Å². The van der Waals surface area contributed by atoms with Crippen molar-refractivity contribution in [2.75, 3.05) is 12.8 Å². The molecule has 0 N–H and O–H groups in total. The fourth-order valence-corrected chi connectivity index (χ4v) is 3.39. The Morgan fingerprint density at radius 3 is 1.44 bits per heavy atom. The number of fused-ring (bicyclic) bond motifs is 3. The third-order valence-electron chi connectivity index (χ3n) is 2.83. The van der Waals surface area contributed by atoms with E-state index in [1.54, 1.807) is 24.7 Å². The molecule has 3 rings (SSSR count). The van der Waals surface area contributed by atoms with Gasteiger partial charge in [0.2, 0.25) is 0 Å². The van der Waals surface area contributed by atoms with Crippen LogP contribution in [0, 0.1) is 0 Å². The Morgan fingerprint density at radius 2 is 1.06 bits per heavy atom. The van der Waals surface area contributed by atoms with Crippen LogP contribution in [0.5, 0.6) is 0 Å². The van der Waals surface area contributed by atoms with E-state index in [1.165, 1.54) is 35.0 Å². The zero-order valence-corrected chi connectivity index (χ0v) is 14.4. The molecule has 0 saturated heterocycles. The molecule has 0 fully saturated rings. The standard InChI is InChI=1S/C13H9.2CH3Cl.Zr/c1-3-7-12-10(5-1)9-11-6-2-4-8-13(11)12;2*1-2;/h1-9H;2*1H3;. The van der Waals surface area contributed by atoms with Crippen LogP contribution in [-0.4, -0.2) is 12.8 Å². The van der Waals surface area contributed by atoms with Crippen molar-refractivity contribution in [1.82, 2.24) is 0 Å². The van der Waals surface area contributed by atoms with Crippen molar-refractivity contribution >= 4 is 23.2 Å². The summed E-state index contributed by atoms with van der Waals surface area (Å²) in [4.78, 5) is 0. The van der Waals surface area contributed by atoms with Crippen molar-refractivity contribution < 1.29 is 24.7 Å². The summed E-state index contributed by atoms with van der Waals surface area (Å²) in [5, 5.41) is 0. The van der Waals surface area contributed by atoms with Gasteiger partial charge in [0.25, 0.3) is 0 Å². The third kappa shape index (κ3) is 3.07. The fourth-order valence-electron chi connectivity index (χ4n) is 2.16. The molecule has 0 saturated carbocycles. The number of rotatable bonds is 0. The van der Waals surface area contributed by atoms with Gasteiger partial charge in [-0.25, -0.2) is 0 Å². The molecule has 0 bridgehead atoms. The van der Waals surface area contributed by atoms with Gasteiger partial charge in [0.15, 0.2) is 0 Å². The number of halogens is 2. The zero-order chi connectivity index (χ0) is 13.5. The monoisotopic (exact) mass is 355 g/mol. The molecule has 2 aromatic rings. The Hall–Kier alpha value is -0.0969. The number of hydrogen-bond donors (Lipinski definition) is 0. The summed E-state index contributed by atoms with van der Waals surface area (Å²) in [6, 6.07) is 17.5. The van der Waals surface area contributed by atoms with Gasteiger partial charge in [-0.2, -0.15) is 0 Å². The first-order valence-electron chi connectivity index (χ1n) is 5.53. The molecule has 3 heteroatoms. The van der Waals surface area contributed by atoms with Crippen LogP contribution in [0.4, 0.5) is 0 Å². The van der Waals surface area contributed by atoms with Gasteiger partial charge in [0.05, 0.1) is 0 Å². The predicted octanol–water partition coefficient (Wildman–Crippen LogP) is 5.01. The molecule has 0 nitrogen and oxygen atoms in total. The van der Waals surface area contributed by atoms with Gasteiger partial charge in [-0.1, -0.05) is 0 Å². The SMILES string of the molecule is CCl.CCl.[Zr][CH]1c2ccccc2-c2ccccc21. The van der Waals surface area contributed by atoms with Crippen LogP contribution in [-0.2, 0) is 24.7 Å². The van der Waals surface area contributed by atoms with Crippen molar-refractivity contribution in [2.45, 2.75) is 3.63 Å². The topological polar surface area (TPSA) is 0 Å². The first-order chi connectivity index (χ1) is 8.88. The molecular weight excluding hydrogens is 342 g/mol. The molecule has 0 aliphatic heterocycles. The van der Waals surface area contributed by atoms with Gasteiger partial charge in [-0.05, 0) is 0 Å². The van der Waals surface area contributed by atoms with Gasteiger partial charge in [0, 0.05) is 12.8 Å². The van der Waals surface area contributed by atoms with Crippen LogP contribution >= 0.6 is 23.2 Å². The third-order valence-corrected chi connectivity index (χ3v) is 4.36. The van der Waals surface area contributed by atoms with Crippen LogP contribution in [0.1, 0.15) is 14.8 Å². The number of hydrogen-bond acceptors (Lipinski definition) is 0. The summed E-state index contributed by atoms with van der Waals surface area (Å²) >= 11 is 10.9. The van der Waals surface area contributed by atoms with E-state index in [1.807, 2.05) is 0 Å². The predicted molar refractivity (Wildman–Crippen MR) is 77.3 cm³/mol. The van der Waals surface area contributed by atoms with Crippen LogP contribution in [0.2, 0.25) is 0 Å². The second kappa shape index (κ2) is 8.15. The Labute approximate surface area is 134 Å². The Balaban J connectivity index is 0.000000371. The second-order valence-corrected chi connectivity index (χ2v) is 5.03. The van der Waals surface area contributed by atoms with Gasteiger partial charge in [0.1, 0.15) is 0 Å². The van der Waals surface area contributed by atoms with E-state index in [-0.39, 0.29) is 0 Å². The van der Waals surface area contributed by atoms with Crippen molar-refractivity contribution in [1.29, 1.82) is 0 Å². The zero-order valence-electron chi connectivity index (χ0n) is 10.5. The minimum absolute atomic E-state index is 0.648. The van der Waals surface area contributed by atoms with Crippen molar-refractivity contribution in [2.24, 2.45) is 0 Å². The molecule has 0 atom stereocenters. The van der Waals surface area contributed by atoms with Crippen molar-refractivity contribution in [3.05, 3.63) is 59.7 Å². The van der Waals surface area contributed by atoms with Crippen molar-refractivity contribution in [3.63, 3.8) is 0 Å². The van der Waals surface area contributed by atoms with Gasteiger partial charge in [-0.15, -0.1) is 23.2 Å². The molecule has 0 spiro atoms. The Kier molecular flexibility index (Phi) is 7.23. The van der Waals surface area contributed by atoms with Gasteiger partial charge in [-0.3, -0.25) is 0 Å². The molecule has 2 aromatic carbocycles. The van der Waals surface area contributed by atoms with E-state index < -0.39 is 0 Å². The average molecular weight is 357 g/mol. The summed E-state index contributed by atoms with van der Waals surface area (Å²) in [7, 11) is 0. The van der Waals surface area contributed by atoms with Crippen molar-refractivity contribution in [3.8, 4) is 11.1 Å². The summed E-state index contributed by atoms with van der Waals surface area (Å²) in [6.45, 7) is 0. The van der Waals surface area contributed by atoms with E-state index in [9.17, 15) is 0 Å². The van der Waals surface area contributed by atoms with E-state index in [4.69, 9.17) is 0 Å². The Morgan fingerprint density at radius 1 is 0.722 bits per heavy atom. The minimum atomic E-state index is 0.648. The summed E-state index contributed by atoms with van der Waals surface area (Å²) < 4.78 is 0.648. The van der Waals surface area contributed by atoms with E-state index in [0.29, 0.717) is 3.63 Å². The van der Waals surface area contributed by atoms with Crippen LogP contribution in [0.15, 0.2) is 48.5 Å². The summed E-state index contributed by atoms with van der Waals surface area (Å²) in [6.07, 6.45) is 2.94. The average Bonchev–Trinajstić information content (AvgIpc) is 2.78. The van der Waals surface area contributed by atoms with Crippen LogP contribution < -0.4 is 0 Å². The number of alkyl halides is 2. The van der Waals surface area contributed by atoms with E-state index in [2.05, 4.69) is 71.7 Å². The quantitative estimate of drug-likeness (QED) is 0.581. The first-order valence-corrected chi connectivity index (χ1v) is 8.46. The van der Waals surface area contributed by atoms with Gasteiger partial charge >= 0.3 is 99.1 Å². The molecule has 1 aliphatic carbocycles. The Bertz CT molecular complexity index is 452. The molecule has 93 valence electrons. The second-order valence-electron chi connectivity index (χ2n) is 3.61. The molecule has 0 unspecified atom stereocenters. The molecular formula is C15H15Cl2Zr.